The summed E-state index contributed by atoms with van der Waals surface area (Å²) in [5, 5.41) is 3.92. The van der Waals surface area contributed by atoms with Gasteiger partial charge in [0.15, 0.2) is 0 Å². The molecule has 0 aliphatic carbocycles. The topological polar surface area (TPSA) is 15.3 Å². The lowest BCUT2D eigenvalue weighted by Crippen LogP contribution is -2.49. The van der Waals surface area contributed by atoms with Gasteiger partial charge in [-0.1, -0.05) is 26.7 Å². The summed E-state index contributed by atoms with van der Waals surface area (Å²) in [5.41, 5.74) is 0. The molecule has 0 radical (unpaired) electrons. The van der Waals surface area contributed by atoms with Gasteiger partial charge in [0, 0.05) is 18.6 Å². The van der Waals surface area contributed by atoms with Crippen LogP contribution in [0.3, 0.4) is 0 Å². The van der Waals surface area contributed by atoms with Crippen LogP contribution in [-0.4, -0.2) is 36.6 Å². The molecule has 94 valence electrons. The van der Waals surface area contributed by atoms with Gasteiger partial charge in [0.2, 0.25) is 0 Å². The molecule has 0 amide bonds. The van der Waals surface area contributed by atoms with Crippen LogP contribution >= 0.6 is 0 Å². The average Bonchev–Trinajstić information content (AvgIpc) is 2.67. The number of piperidine rings is 1. The van der Waals surface area contributed by atoms with E-state index >= 15 is 0 Å². The summed E-state index contributed by atoms with van der Waals surface area (Å²) in [7, 11) is 0. The minimum atomic E-state index is 0.701. The molecule has 2 aliphatic rings. The van der Waals surface area contributed by atoms with Gasteiger partial charge in [0.25, 0.3) is 0 Å². The van der Waals surface area contributed by atoms with Gasteiger partial charge in [0.05, 0.1) is 0 Å². The first kappa shape index (κ1) is 12.4. The second-order valence-electron chi connectivity index (χ2n) is 5.78. The van der Waals surface area contributed by atoms with Gasteiger partial charge in [-0.2, -0.15) is 0 Å². The van der Waals surface area contributed by atoms with E-state index in [1.165, 1.54) is 45.3 Å². The largest absolute Gasteiger partial charge is 0.311 e. The third-order valence-corrected chi connectivity index (χ3v) is 4.87. The lowest BCUT2D eigenvalue weighted by molar-refractivity contribution is 0.195. The maximum Gasteiger partial charge on any atom is 0.0123 e. The van der Waals surface area contributed by atoms with E-state index in [1.807, 2.05) is 0 Å². The highest BCUT2D eigenvalue weighted by Crippen LogP contribution is 2.28. The van der Waals surface area contributed by atoms with Crippen LogP contribution in [0.2, 0.25) is 0 Å². The van der Waals surface area contributed by atoms with Crippen LogP contribution in [0.5, 0.6) is 0 Å². The summed E-state index contributed by atoms with van der Waals surface area (Å²) < 4.78 is 0. The summed E-state index contributed by atoms with van der Waals surface area (Å²) in [4.78, 5) is 2.63. The Morgan fingerprint density at radius 1 is 1.19 bits per heavy atom. The number of hydrogen-bond donors (Lipinski definition) is 1. The zero-order valence-electron chi connectivity index (χ0n) is 11.2. The minimum absolute atomic E-state index is 0.701. The summed E-state index contributed by atoms with van der Waals surface area (Å²) >= 11 is 0. The van der Waals surface area contributed by atoms with Crippen LogP contribution < -0.4 is 5.32 Å². The number of fused-ring (bicyclic) bond motifs is 2. The molecule has 2 bridgehead atoms. The Labute approximate surface area is 101 Å². The molecule has 0 aromatic carbocycles. The smallest absolute Gasteiger partial charge is 0.0123 e. The van der Waals surface area contributed by atoms with Crippen molar-refractivity contribution >= 4 is 0 Å². The molecule has 2 rings (SSSR count). The lowest BCUT2D eigenvalue weighted by Gasteiger charge is -2.35. The fourth-order valence-electron chi connectivity index (χ4n) is 3.64. The van der Waals surface area contributed by atoms with Gasteiger partial charge >= 0.3 is 0 Å². The molecule has 2 heteroatoms. The fourth-order valence-corrected chi connectivity index (χ4v) is 3.64. The molecule has 0 saturated carbocycles. The van der Waals surface area contributed by atoms with Crippen LogP contribution in [0.1, 0.15) is 46.5 Å². The van der Waals surface area contributed by atoms with Gasteiger partial charge in [-0.15, -0.1) is 0 Å². The molecule has 0 aromatic rings. The lowest BCUT2D eigenvalue weighted by atomic mass is 9.90. The number of nitrogens with one attached hydrogen (secondary N) is 1. The summed E-state index contributed by atoms with van der Waals surface area (Å²) in [6.07, 6.45) is 5.42. The second kappa shape index (κ2) is 5.50. The number of nitrogens with zero attached hydrogens (tertiary/aromatic N) is 1. The summed E-state index contributed by atoms with van der Waals surface area (Å²) in [6.45, 7) is 11.1. The number of hydrogen-bond acceptors (Lipinski definition) is 2. The molecule has 2 saturated heterocycles. The Hall–Kier alpha value is -0.0800. The molecule has 0 aromatic heterocycles. The first-order valence-electron chi connectivity index (χ1n) is 7.23. The van der Waals surface area contributed by atoms with Gasteiger partial charge in [-0.05, 0) is 44.7 Å². The van der Waals surface area contributed by atoms with Crippen molar-refractivity contribution in [2.75, 3.05) is 19.6 Å². The van der Waals surface area contributed by atoms with Crippen molar-refractivity contribution in [3.63, 3.8) is 0 Å². The third-order valence-electron chi connectivity index (χ3n) is 4.87. The molecule has 4 atom stereocenters. The third kappa shape index (κ3) is 2.60. The van der Waals surface area contributed by atoms with E-state index in [0.29, 0.717) is 6.04 Å². The molecular weight excluding hydrogens is 196 g/mol. The number of rotatable bonds is 5. The van der Waals surface area contributed by atoms with Crippen molar-refractivity contribution in [3.05, 3.63) is 0 Å². The highest BCUT2D eigenvalue weighted by atomic mass is 15.2. The summed E-state index contributed by atoms with van der Waals surface area (Å²) in [5.74, 6) is 1.80. The molecule has 4 unspecified atom stereocenters. The van der Waals surface area contributed by atoms with Crippen molar-refractivity contribution in [3.8, 4) is 0 Å². The predicted octanol–water partition coefficient (Wildman–Crippen LogP) is 2.49. The zero-order chi connectivity index (χ0) is 11.5. The zero-order valence-corrected chi connectivity index (χ0v) is 11.2. The highest BCUT2D eigenvalue weighted by Gasteiger charge is 2.35. The van der Waals surface area contributed by atoms with Crippen molar-refractivity contribution in [1.82, 2.24) is 10.2 Å². The Morgan fingerprint density at radius 3 is 2.56 bits per heavy atom. The Kier molecular flexibility index (Phi) is 4.26. The van der Waals surface area contributed by atoms with E-state index in [0.717, 1.165) is 17.9 Å². The SMILES string of the molecule is CCC(CC)C(C)NC1CCN2CCC1C2. The molecule has 1 N–H and O–H groups in total. The first-order chi connectivity index (χ1) is 7.74. The standard InChI is InChI=1S/C14H28N2/c1-4-12(5-2)11(3)15-14-7-9-16-8-6-13(14)10-16/h11-15H,4-10H2,1-3H3. The first-order valence-corrected chi connectivity index (χ1v) is 7.23. The highest BCUT2D eigenvalue weighted by molar-refractivity contribution is 4.92. The van der Waals surface area contributed by atoms with Crippen molar-refractivity contribution < 1.29 is 0 Å². The Balaban J connectivity index is 1.84. The second-order valence-corrected chi connectivity index (χ2v) is 5.78. The van der Waals surface area contributed by atoms with Gasteiger partial charge in [-0.3, -0.25) is 0 Å². The monoisotopic (exact) mass is 224 g/mol. The normalized spacial score (nSPS) is 35.6. The summed E-state index contributed by atoms with van der Waals surface area (Å²) in [6, 6.07) is 1.50. The molecule has 2 heterocycles. The van der Waals surface area contributed by atoms with Crippen LogP contribution in [0.15, 0.2) is 0 Å². The average molecular weight is 224 g/mol. The Bertz CT molecular complexity index is 213. The van der Waals surface area contributed by atoms with E-state index in [1.54, 1.807) is 0 Å². The molecular formula is C14H28N2. The Morgan fingerprint density at radius 2 is 1.88 bits per heavy atom. The van der Waals surface area contributed by atoms with E-state index in [2.05, 4.69) is 31.0 Å². The van der Waals surface area contributed by atoms with E-state index < -0.39 is 0 Å². The maximum absolute atomic E-state index is 3.92. The van der Waals surface area contributed by atoms with Crippen LogP contribution in [0, 0.1) is 11.8 Å². The van der Waals surface area contributed by atoms with Crippen molar-refractivity contribution in [2.45, 2.75) is 58.5 Å². The van der Waals surface area contributed by atoms with Crippen molar-refractivity contribution in [2.24, 2.45) is 11.8 Å². The van der Waals surface area contributed by atoms with Gasteiger partial charge in [-0.25, -0.2) is 0 Å². The predicted molar refractivity (Wildman–Crippen MR) is 69.6 cm³/mol. The molecule has 2 aliphatic heterocycles. The fraction of sp³-hybridized carbons (Fsp3) is 1.00. The molecule has 2 nitrogen and oxygen atoms in total. The van der Waals surface area contributed by atoms with Crippen LogP contribution in [-0.2, 0) is 0 Å². The van der Waals surface area contributed by atoms with E-state index in [4.69, 9.17) is 0 Å². The maximum atomic E-state index is 3.92. The van der Waals surface area contributed by atoms with Gasteiger partial charge in [0.1, 0.15) is 0 Å². The van der Waals surface area contributed by atoms with Crippen LogP contribution in [0.25, 0.3) is 0 Å². The quantitative estimate of drug-likeness (QED) is 0.772. The molecule has 16 heavy (non-hydrogen) atoms. The van der Waals surface area contributed by atoms with Crippen LogP contribution in [0.4, 0.5) is 0 Å². The molecule has 0 spiro atoms. The van der Waals surface area contributed by atoms with Gasteiger partial charge < -0.3 is 10.2 Å². The minimum Gasteiger partial charge on any atom is -0.311 e. The van der Waals surface area contributed by atoms with Crippen molar-refractivity contribution in [1.29, 1.82) is 0 Å². The van der Waals surface area contributed by atoms with E-state index in [9.17, 15) is 0 Å². The molecule has 2 fully saturated rings. The van der Waals surface area contributed by atoms with E-state index in [-0.39, 0.29) is 0 Å².